The summed E-state index contributed by atoms with van der Waals surface area (Å²) in [7, 11) is 0. The van der Waals surface area contributed by atoms with Gasteiger partial charge in [-0.3, -0.25) is 0 Å². The zero-order chi connectivity index (χ0) is 12.1. The van der Waals surface area contributed by atoms with Crippen molar-refractivity contribution in [2.75, 3.05) is 31.5 Å². The molecule has 1 aliphatic heterocycles. The van der Waals surface area contributed by atoms with Crippen LogP contribution < -0.4 is 5.32 Å². The molecule has 0 amide bonds. The van der Waals surface area contributed by atoms with E-state index in [9.17, 15) is 0 Å². The smallest absolute Gasteiger partial charge is 0.129 e. The standard InChI is InChI=1S/C13H22N4/c1-3-17-6-4-12(5-7-17)9-14-13-8-11(2)15-10-16-13/h8,10,12H,3-7,9H2,1-2H3,(H,14,15,16). The molecule has 17 heavy (non-hydrogen) atoms. The highest BCUT2D eigenvalue weighted by molar-refractivity contribution is 5.34. The van der Waals surface area contributed by atoms with Crippen molar-refractivity contribution in [1.82, 2.24) is 14.9 Å². The number of hydrogen-bond acceptors (Lipinski definition) is 4. The van der Waals surface area contributed by atoms with Crippen molar-refractivity contribution >= 4 is 5.82 Å². The fraction of sp³-hybridized carbons (Fsp3) is 0.692. The van der Waals surface area contributed by atoms with Gasteiger partial charge in [-0.2, -0.15) is 0 Å². The summed E-state index contributed by atoms with van der Waals surface area (Å²) in [5.74, 6) is 1.74. The van der Waals surface area contributed by atoms with Crippen LogP contribution >= 0.6 is 0 Å². The molecule has 1 fully saturated rings. The number of nitrogens with one attached hydrogen (secondary N) is 1. The summed E-state index contributed by atoms with van der Waals surface area (Å²) in [6.07, 6.45) is 4.22. The minimum atomic E-state index is 0.785. The molecule has 1 saturated heterocycles. The number of nitrogens with zero attached hydrogens (tertiary/aromatic N) is 3. The third-order valence-corrected chi connectivity index (χ3v) is 3.53. The van der Waals surface area contributed by atoms with Crippen molar-refractivity contribution in [2.24, 2.45) is 5.92 Å². The average molecular weight is 234 g/mol. The van der Waals surface area contributed by atoms with Gasteiger partial charge in [0, 0.05) is 18.3 Å². The van der Waals surface area contributed by atoms with Crippen LogP contribution in [0.15, 0.2) is 12.4 Å². The molecule has 4 heteroatoms. The van der Waals surface area contributed by atoms with Crippen LogP contribution in [0, 0.1) is 12.8 Å². The molecule has 0 aromatic carbocycles. The van der Waals surface area contributed by atoms with Crippen molar-refractivity contribution in [3.8, 4) is 0 Å². The molecule has 2 rings (SSSR count). The second-order valence-corrected chi connectivity index (χ2v) is 4.80. The Morgan fingerprint density at radius 2 is 2.12 bits per heavy atom. The first kappa shape index (κ1) is 12.3. The Morgan fingerprint density at radius 3 is 2.76 bits per heavy atom. The van der Waals surface area contributed by atoms with E-state index in [4.69, 9.17) is 0 Å². The highest BCUT2D eigenvalue weighted by atomic mass is 15.1. The number of rotatable bonds is 4. The molecule has 94 valence electrons. The van der Waals surface area contributed by atoms with Crippen LogP contribution in [0.2, 0.25) is 0 Å². The van der Waals surface area contributed by atoms with Crippen LogP contribution in [0.4, 0.5) is 5.82 Å². The molecule has 0 radical (unpaired) electrons. The fourth-order valence-corrected chi connectivity index (χ4v) is 2.31. The molecule has 0 atom stereocenters. The van der Waals surface area contributed by atoms with Crippen LogP contribution in [0.1, 0.15) is 25.5 Å². The topological polar surface area (TPSA) is 41.0 Å². The number of anilines is 1. The monoisotopic (exact) mass is 234 g/mol. The van der Waals surface area contributed by atoms with Gasteiger partial charge < -0.3 is 10.2 Å². The minimum absolute atomic E-state index is 0.785. The third kappa shape index (κ3) is 3.66. The summed E-state index contributed by atoms with van der Waals surface area (Å²) in [4.78, 5) is 10.8. The number of hydrogen-bond donors (Lipinski definition) is 1. The molecular formula is C13H22N4. The summed E-state index contributed by atoms with van der Waals surface area (Å²) in [5.41, 5.74) is 1.02. The minimum Gasteiger partial charge on any atom is -0.370 e. The highest BCUT2D eigenvalue weighted by Gasteiger charge is 2.17. The summed E-state index contributed by atoms with van der Waals surface area (Å²) in [6, 6.07) is 2.00. The second kappa shape index (κ2) is 5.96. The highest BCUT2D eigenvalue weighted by Crippen LogP contribution is 2.17. The van der Waals surface area contributed by atoms with E-state index in [1.165, 1.54) is 32.5 Å². The Balaban J connectivity index is 1.76. The van der Waals surface area contributed by atoms with Gasteiger partial charge in [0.2, 0.25) is 0 Å². The zero-order valence-electron chi connectivity index (χ0n) is 10.8. The molecule has 0 unspecified atom stereocenters. The number of likely N-dealkylation sites (tertiary alicyclic amines) is 1. The maximum absolute atomic E-state index is 4.22. The van der Waals surface area contributed by atoms with E-state index in [-0.39, 0.29) is 0 Å². The van der Waals surface area contributed by atoms with E-state index in [2.05, 4.69) is 27.1 Å². The van der Waals surface area contributed by atoms with Crippen molar-refractivity contribution in [3.05, 3.63) is 18.1 Å². The van der Waals surface area contributed by atoms with Gasteiger partial charge >= 0.3 is 0 Å². The van der Waals surface area contributed by atoms with Crippen molar-refractivity contribution in [1.29, 1.82) is 0 Å². The molecule has 1 aromatic rings. The van der Waals surface area contributed by atoms with Gasteiger partial charge in [0.1, 0.15) is 12.1 Å². The van der Waals surface area contributed by atoms with Gasteiger partial charge in [0.05, 0.1) is 0 Å². The summed E-state index contributed by atoms with van der Waals surface area (Å²) in [6.45, 7) is 8.94. The lowest BCUT2D eigenvalue weighted by atomic mass is 9.97. The van der Waals surface area contributed by atoms with E-state index in [0.717, 1.165) is 24.0 Å². The first-order valence-electron chi connectivity index (χ1n) is 6.53. The van der Waals surface area contributed by atoms with Crippen molar-refractivity contribution in [2.45, 2.75) is 26.7 Å². The average Bonchev–Trinajstić information content (AvgIpc) is 2.37. The largest absolute Gasteiger partial charge is 0.370 e. The van der Waals surface area contributed by atoms with Gasteiger partial charge in [-0.1, -0.05) is 6.92 Å². The maximum Gasteiger partial charge on any atom is 0.129 e. The summed E-state index contributed by atoms with van der Waals surface area (Å²) < 4.78 is 0. The van der Waals surface area contributed by atoms with E-state index in [1.807, 2.05) is 13.0 Å². The molecule has 0 aliphatic carbocycles. The quantitative estimate of drug-likeness (QED) is 0.864. The van der Waals surface area contributed by atoms with Gasteiger partial charge in [-0.05, 0) is 45.3 Å². The van der Waals surface area contributed by atoms with E-state index in [0.29, 0.717) is 0 Å². The van der Waals surface area contributed by atoms with Gasteiger partial charge in [-0.25, -0.2) is 9.97 Å². The Kier molecular flexibility index (Phi) is 4.31. The van der Waals surface area contributed by atoms with E-state index < -0.39 is 0 Å². The lowest BCUT2D eigenvalue weighted by molar-refractivity contribution is 0.198. The Hall–Kier alpha value is -1.16. The normalized spacial score (nSPS) is 18.2. The fourth-order valence-electron chi connectivity index (χ4n) is 2.31. The van der Waals surface area contributed by atoms with Crippen LogP contribution in [-0.4, -0.2) is 41.0 Å². The lowest BCUT2D eigenvalue weighted by Gasteiger charge is -2.31. The zero-order valence-corrected chi connectivity index (χ0v) is 10.8. The molecule has 0 spiro atoms. The second-order valence-electron chi connectivity index (χ2n) is 4.80. The van der Waals surface area contributed by atoms with Crippen LogP contribution in [-0.2, 0) is 0 Å². The lowest BCUT2D eigenvalue weighted by Crippen LogP contribution is -2.35. The van der Waals surface area contributed by atoms with Gasteiger partial charge in [-0.15, -0.1) is 0 Å². The molecule has 0 saturated carbocycles. The van der Waals surface area contributed by atoms with Crippen molar-refractivity contribution < 1.29 is 0 Å². The summed E-state index contributed by atoms with van der Waals surface area (Å²) >= 11 is 0. The predicted molar refractivity (Wildman–Crippen MR) is 70.1 cm³/mol. The molecule has 1 aromatic heterocycles. The van der Waals surface area contributed by atoms with Crippen molar-refractivity contribution in [3.63, 3.8) is 0 Å². The number of aromatic nitrogens is 2. The number of aryl methyl sites for hydroxylation is 1. The van der Waals surface area contributed by atoms with E-state index in [1.54, 1.807) is 6.33 Å². The SMILES string of the molecule is CCN1CCC(CNc2cc(C)ncn2)CC1. The first-order chi connectivity index (χ1) is 8.28. The molecule has 1 aliphatic rings. The van der Waals surface area contributed by atoms with Gasteiger partial charge in [0.15, 0.2) is 0 Å². The Morgan fingerprint density at radius 1 is 1.35 bits per heavy atom. The van der Waals surface area contributed by atoms with Crippen LogP contribution in [0.5, 0.6) is 0 Å². The predicted octanol–water partition coefficient (Wildman–Crippen LogP) is 1.93. The maximum atomic E-state index is 4.22. The Labute approximate surface area is 103 Å². The molecule has 4 nitrogen and oxygen atoms in total. The molecule has 2 heterocycles. The molecule has 1 N–H and O–H groups in total. The van der Waals surface area contributed by atoms with E-state index >= 15 is 0 Å². The molecular weight excluding hydrogens is 212 g/mol. The van der Waals surface area contributed by atoms with Crippen LogP contribution in [0.3, 0.4) is 0 Å². The van der Waals surface area contributed by atoms with Gasteiger partial charge in [0.25, 0.3) is 0 Å². The first-order valence-corrected chi connectivity index (χ1v) is 6.53. The Bertz CT molecular complexity index is 345. The van der Waals surface area contributed by atoms with Crippen LogP contribution in [0.25, 0.3) is 0 Å². The third-order valence-electron chi connectivity index (χ3n) is 3.53. The number of piperidine rings is 1. The molecule has 0 bridgehead atoms. The summed E-state index contributed by atoms with van der Waals surface area (Å²) in [5, 5.41) is 3.42.